The summed E-state index contributed by atoms with van der Waals surface area (Å²) in [5.41, 5.74) is -0.0464. The molecule has 2 aliphatic rings. The van der Waals surface area contributed by atoms with Gasteiger partial charge in [0, 0.05) is 20.5 Å². The van der Waals surface area contributed by atoms with Crippen molar-refractivity contribution in [2.45, 2.75) is 130 Å². The Morgan fingerprint density at radius 1 is 0.905 bits per heavy atom. The van der Waals surface area contributed by atoms with E-state index in [1.165, 1.54) is 45.0 Å². The van der Waals surface area contributed by atoms with Gasteiger partial charge in [-0.1, -0.05) is 26.2 Å². The van der Waals surface area contributed by atoms with Crippen LogP contribution in [-0.4, -0.2) is 55.3 Å². The minimum Gasteiger partial charge on any atom is -0.426 e. The van der Waals surface area contributed by atoms with Crippen molar-refractivity contribution in [3.8, 4) is 0 Å². The van der Waals surface area contributed by atoms with Crippen molar-refractivity contribution < 1.29 is 28.5 Å². The zero-order valence-corrected chi connectivity index (χ0v) is 28.8. The summed E-state index contributed by atoms with van der Waals surface area (Å²) in [6.45, 7) is 21.4. The molecular formula is C32H48B2O6S2. The van der Waals surface area contributed by atoms with Crippen LogP contribution < -0.4 is 9.55 Å². The largest absolute Gasteiger partial charge is 0.505 e. The van der Waals surface area contributed by atoms with Crippen LogP contribution in [0.4, 0.5) is 0 Å². The highest BCUT2D eigenvalue weighted by molar-refractivity contribution is 7.34. The molecule has 42 heavy (non-hydrogen) atoms. The molecule has 6 nitrogen and oxygen atoms in total. The minimum absolute atomic E-state index is 0.406. The predicted octanol–water partition coefficient (Wildman–Crippen LogP) is 6.30. The topological polar surface area (TPSA) is 66.4 Å². The molecule has 230 valence electrons. The van der Waals surface area contributed by atoms with Gasteiger partial charge in [0.1, 0.15) is 0 Å². The van der Waals surface area contributed by atoms with Gasteiger partial charge in [0.2, 0.25) is 0 Å². The summed E-state index contributed by atoms with van der Waals surface area (Å²) in [7, 11) is 0.000495. The van der Waals surface area contributed by atoms with Crippen LogP contribution in [0.1, 0.15) is 106 Å². The van der Waals surface area contributed by atoms with Crippen molar-refractivity contribution in [2.24, 2.45) is 0 Å². The maximum absolute atomic E-state index is 10.7. The molecule has 10 heteroatoms. The Bertz CT molecular complexity index is 1410. The molecule has 2 saturated heterocycles. The van der Waals surface area contributed by atoms with Gasteiger partial charge in [0.25, 0.3) is 0 Å². The first-order valence-electron chi connectivity index (χ1n) is 15.5. The fourth-order valence-corrected chi connectivity index (χ4v) is 8.02. The molecule has 2 aromatic heterocycles. The van der Waals surface area contributed by atoms with Crippen LogP contribution in [0.2, 0.25) is 0 Å². The van der Waals surface area contributed by atoms with Gasteiger partial charge in [0.05, 0.1) is 45.0 Å². The number of unbranched alkanes of at least 4 members (excludes halogenated alkanes) is 3. The maximum atomic E-state index is 10.7. The first-order valence-corrected chi connectivity index (χ1v) is 17.1. The first-order chi connectivity index (χ1) is 19.5. The fraction of sp³-hybridized carbons (Fsp3) is 0.688. The van der Waals surface area contributed by atoms with E-state index in [0.717, 1.165) is 28.0 Å². The summed E-state index contributed by atoms with van der Waals surface area (Å²) in [6.07, 6.45) is 5.68. The van der Waals surface area contributed by atoms with Gasteiger partial charge in [-0.25, -0.2) is 0 Å². The third kappa shape index (κ3) is 5.87. The Hall–Kier alpha value is -0.970. The minimum atomic E-state index is -0.974. The number of aryl methyl sites for hydroxylation is 1. The number of benzene rings is 1. The van der Waals surface area contributed by atoms with Gasteiger partial charge >= 0.3 is 14.6 Å². The lowest BCUT2D eigenvalue weighted by molar-refractivity contribution is -0.149. The van der Waals surface area contributed by atoms with E-state index in [0.29, 0.717) is 20.7 Å². The molecular weight excluding hydrogens is 566 g/mol. The third-order valence-corrected chi connectivity index (χ3v) is 12.2. The maximum Gasteiger partial charge on any atom is 0.505 e. The average molecular weight is 614 g/mol. The molecule has 0 amide bonds. The van der Waals surface area contributed by atoms with Crippen LogP contribution in [0, 0.1) is 0 Å². The highest BCUT2D eigenvalue weighted by atomic mass is 32.1. The number of rotatable bonds is 11. The van der Waals surface area contributed by atoms with Crippen LogP contribution >= 0.6 is 22.7 Å². The van der Waals surface area contributed by atoms with Crippen molar-refractivity contribution >= 4 is 67.0 Å². The lowest BCUT2D eigenvalue weighted by atomic mass is 9.84. The van der Waals surface area contributed by atoms with Gasteiger partial charge in [-0.05, 0) is 98.2 Å². The molecule has 0 spiro atoms. The Kier molecular flexibility index (Phi) is 8.83. The molecule has 0 aliphatic carbocycles. The Balaban J connectivity index is 1.68. The van der Waals surface area contributed by atoms with Crippen LogP contribution in [0.3, 0.4) is 0 Å². The molecule has 3 aromatic rings. The summed E-state index contributed by atoms with van der Waals surface area (Å²) in [5, 5.41) is 13.1. The van der Waals surface area contributed by atoms with Crippen molar-refractivity contribution in [3.63, 3.8) is 0 Å². The number of hydrogen-bond acceptors (Lipinski definition) is 8. The van der Waals surface area contributed by atoms with Gasteiger partial charge in [-0.2, -0.15) is 0 Å². The van der Waals surface area contributed by atoms with E-state index >= 15 is 0 Å². The lowest BCUT2D eigenvalue weighted by Gasteiger charge is -2.37. The van der Waals surface area contributed by atoms with Crippen molar-refractivity contribution in [1.29, 1.82) is 0 Å². The van der Waals surface area contributed by atoms with Crippen molar-refractivity contribution in [1.82, 2.24) is 0 Å². The molecule has 4 heterocycles. The fourth-order valence-electron chi connectivity index (χ4n) is 5.64. The predicted molar refractivity (Wildman–Crippen MR) is 178 cm³/mol. The van der Waals surface area contributed by atoms with Gasteiger partial charge in [0.15, 0.2) is 5.79 Å². The molecule has 1 aromatic carbocycles. The average Bonchev–Trinajstić information content (AvgIpc) is 3.64. The first kappa shape index (κ1) is 32.4. The summed E-state index contributed by atoms with van der Waals surface area (Å²) >= 11 is 3.53. The van der Waals surface area contributed by atoms with Crippen LogP contribution in [0.5, 0.6) is 0 Å². The van der Waals surface area contributed by atoms with Crippen LogP contribution in [0.15, 0.2) is 12.1 Å². The van der Waals surface area contributed by atoms with E-state index in [1.807, 2.05) is 13.8 Å². The van der Waals surface area contributed by atoms with Crippen molar-refractivity contribution in [2.75, 3.05) is 13.2 Å². The molecule has 0 atom stereocenters. The second-order valence-electron chi connectivity index (χ2n) is 14.1. The summed E-state index contributed by atoms with van der Waals surface area (Å²) in [4.78, 5) is 0. The summed E-state index contributed by atoms with van der Waals surface area (Å²) < 4.78 is 36.7. The second-order valence-corrected chi connectivity index (χ2v) is 16.3. The molecule has 0 saturated carbocycles. The van der Waals surface area contributed by atoms with E-state index in [2.05, 4.69) is 53.7 Å². The standard InChI is InChI=1S/C32H48B2O6S2/c1-11-12-13-14-15-20-21-19-24(34-39-30(6,7)31(8,9)40-34)42-26(21)27-22(25(20)32(10)36-16-17-37-32)18-23(41-27)33-38-29(4,5)28(2,3)35/h18-19,33,35H,11-17H2,1-10H3. The Labute approximate surface area is 260 Å². The smallest absolute Gasteiger partial charge is 0.426 e. The monoisotopic (exact) mass is 614 g/mol. The van der Waals surface area contributed by atoms with E-state index in [9.17, 15) is 5.11 Å². The molecule has 5 rings (SSSR count). The van der Waals surface area contributed by atoms with E-state index in [-0.39, 0.29) is 0 Å². The molecule has 2 fully saturated rings. The highest BCUT2D eigenvalue weighted by Gasteiger charge is 2.52. The van der Waals surface area contributed by atoms with Crippen LogP contribution in [0.25, 0.3) is 20.2 Å². The number of ether oxygens (including phenoxy) is 2. The number of thiophene rings is 2. The lowest BCUT2D eigenvalue weighted by Crippen LogP contribution is -2.49. The Morgan fingerprint density at radius 2 is 1.52 bits per heavy atom. The number of fused-ring (bicyclic) bond motifs is 3. The van der Waals surface area contributed by atoms with E-state index < -0.39 is 35.3 Å². The van der Waals surface area contributed by atoms with Gasteiger partial charge in [-0.3, -0.25) is 0 Å². The summed E-state index contributed by atoms with van der Waals surface area (Å²) in [5.74, 6) is -0.815. The van der Waals surface area contributed by atoms with Crippen molar-refractivity contribution in [3.05, 3.63) is 23.3 Å². The summed E-state index contributed by atoms with van der Waals surface area (Å²) in [6, 6.07) is 4.56. The van der Waals surface area contributed by atoms with E-state index in [4.69, 9.17) is 23.4 Å². The Morgan fingerprint density at radius 3 is 2.12 bits per heavy atom. The third-order valence-electron chi connectivity index (χ3n) is 9.74. The molecule has 2 aliphatic heterocycles. The molecule has 0 bridgehead atoms. The van der Waals surface area contributed by atoms with Gasteiger partial charge < -0.3 is 28.5 Å². The molecule has 0 radical (unpaired) electrons. The second kappa shape index (κ2) is 11.4. The number of aliphatic hydroxyl groups is 1. The SMILES string of the molecule is CCCCCCc1c(C2(C)OCCO2)c2cc(BOC(C)(C)C(C)(C)O)sc2c2sc(B3OC(C)(C)C(C)(C)O3)cc12. The quantitative estimate of drug-likeness (QED) is 0.202. The van der Waals surface area contributed by atoms with Crippen LogP contribution in [-0.2, 0) is 35.6 Å². The highest BCUT2D eigenvalue weighted by Crippen LogP contribution is 2.46. The zero-order chi connectivity index (χ0) is 30.7. The van der Waals surface area contributed by atoms with E-state index in [1.54, 1.807) is 36.5 Å². The number of hydrogen-bond donors (Lipinski definition) is 1. The van der Waals surface area contributed by atoms with Gasteiger partial charge in [-0.15, -0.1) is 22.7 Å². The molecule has 1 N–H and O–H groups in total. The zero-order valence-electron chi connectivity index (χ0n) is 27.2. The normalized spacial score (nSPS) is 20.3. The molecule has 0 unspecified atom stereocenters.